The summed E-state index contributed by atoms with van der Waals surface area (Å²) in [5.74, 6) is 0.267. The molecule has 0 bridgehead atoms. The van der Waals surface area contributed by atoms with Gasteiger partial charge in [0.25, 0.3) is 0 Å². The fraction of sp³-hybridized carbons (Fsp3) is 1.00. The first-order chi connectivity index (χ1) is 8.20. The highest BCUT2D eigenvalue weighted by Gasteiger charge is 2.27. The first-order valence-corrected chi connectivity index (χ1v) is 7.74. The molecule has 0 aromatic carbocycles. The molecule has 108 valence electrons. The minimum absolute atomic E-state index is 0.0939. The van der Waals surface area contributed by atoms with Crippen molar-refractivity contribution in [3.63, 3.8) is 0 Å². The Kier molecular flexibility index (Phi) is 5.42. The molecule has 1 aliphatic rings. The number of hydrogen-bond acceptors (Lipinski definition) is 4. The summed E-state index contributed by atoms with van der Waals surface area (Å²) in [5, 5.41) is 2.35. The lowest BCUT2D eigenvalue weighted by Gasteiger charge is -2.27. The lowest BCUT2D eigenvalue weighted by molar-refractivity contribution is -0.125. The van der Waals surface area contributed by atoms with E-state index in [1.54, 1.807) is 6.92 Å². The molecule has 4 nitrogen and oxygen atoms in total. The van der Waals surface area contributed by atoms with Crippen LogP contribution in [0.25, 0.3) is 0 Å². The van der Waals surface area contributed by atoms with Crippen molar-refractivity contribution in [2.45, 2.75) is 25.6 Å². The summed E-state index contributed by atoms with van der Waals surface area (Å²) in [4.78, 5) is 1.92. The van der Waals surface area contributed by atoms with E-state index in [1.807, 2.05) is 4.90 Å². The Labute approximate surface area is 105 Å². The fourth-order valence-electron chi connectivity index (χ4n) is 1.95. The van der Waals surface area contributed by atoms with E-state index in [0.29, 0.717) is 19.5 Å². The van der Waals surface area contributed by atoms with Crippen LogP contribution in [0.4, 0.5) is 13.2 Å². The van der Waals surface area contributed by atoms with E-state index in [4.69, 9.17) is 0 Å². The Morgan fingerprint density at radius 1 is 1.28 bits per heavy atom. The fourth-order valence-corrected chi connectivity index (χ4v) is 3.24. The molecule has 18 heavy (non-hydrogen) atoms. The summed E-state index contributed by atoms with van der Waals surface area (Å²) in [7, 11) is -2.97. The molecule has 1 rings (SSSR count). The molecule has 1 saturated heterocycles. The van der Waals surface area contributed by atoms with Crippen LogP contribution in [0.1, 0.15) is 13.3 Å². The minimum atomic E-state index is -4.21. The van der Waals surface area contributed by atoms with Crippen molar-refractivity contribution in [2.75, 3.05) is 37.7 Å². The zero-order valence-electron chi connectivity index (χ0n) is 10.3. The molecule has 0 aliphatic carbocycles. The third kappa shape index (κ3) is 6.01. The molecule has 0 radical (unpaired) electrons. The Bertz CT molecular complexity index is 357. The first kappa shape index (κ1) is 15.7. The minimum Gasteiger partial charge on any atom is -0.307 e. The van der Waals surface area contributed by atoms with Crippen molar-refractivity contribution >= 4 is 9.84 Å². The lowest BCUT2D eigenvalue weighted by atomic mass is 10.2. The van der Waals surface area contributed by atoms with Gasteiger partial charge in [0.15, 0.2) is 9.84 Å². The largest absolute Gasteiger partial charge is 0.401 e. The average molecular weight is 288 g/mol. The SMILES string of the molecule is CC(CNCC(F)(F)F)N1CCCS(=O)(=O)CC1. The van der Waals surface area contributed by atoms with Gasteiger partial charge in [-0.2, -0.15) is 13.2 Å². The highest BCUT2D eigenvalue weighted by molar-refractivity contribution is 7.91. The van der Waals surface area contributed by atoms with Gasteiger partial charge in [0, 0.05) is 19.1 Å². The van der Waals surface area contributed by atoms with Crippen LogP contribution in [0.5, 0.6) is 0 Å². The van der Waals surface area contributed by atoms with E-state index < -0.39 is 22.6 Å². The van der Waals surface area contributed by atoms with Crippen molar-refractivity contribution in [3.8, 4) is 0 Å². The van der Waals surface area contributed by atoms with Gasteiger partial charge in [0.1, 0.15) is 0 Å². The van der Waals surface area contributed by atoms with E-state index in [1.165, 1.54) is 0 Å². The third-order valence-corrected chi connectivity index (χ3v) is 4.69. The Morgan fingerprint density at radius 3 is 2.56 bits per heavy atom. The second-order valence-corrected chi connectivity index (χ2v) is 6.94. The summed E-state index contributed by atoms with van der Waals surface area (Å²) in [6.07, 6.45) is -3.66. The number of halogens is 3. The highest BCUT2D eigenvalue weighted by Crippen LogP contribution is 2.13. The second-order valence-electron chi connectivity index (χ2n) is 4.64. The third-order valence-electron chi connectivity index (χ3n) is 2.98. The first-order valence-electron chi connectivity index (χ1n) is 5.91. The maximum atomic E-state index is 12.0. The van der Waals surface area contributed by atoms with Crippen LogP contribution in [-0.2, 0) is 9.84 Å². The van der Waals surface area contributed by atoms with Crippen LogP contribution >= 0.6 is 0 Å². The van der Waals surface area contributed by atoms with Crippen LogP contribution in [0, 0.1) is 0 Å². The normalized spacial score (nSPS) is 23.6. The predicted molar refractivity (Wildman–Crippen MR) is 63.2 cm³/mol. The van der Waals surface area contributed by atoms with Gasteiger partial charge in [-0.15, -0.1) is 0 Å². The Morgan fingerprint density at radius 2 is 1.94 bits per heavy atom. The van der Waals surface area contributed by atoms with Gasteiger partial charge < -0.3 is 5.32 Å². The number of nitrogens with one attached hydrogen (secondary N) is 1. The average Bonchev–Trinajstić information content (AvgIpc) is 2.37. The van der Waals surface area contributed by atoms with Crippen LogP contribution < -0.4 is 5.32 Å². The van der Waals surface area contributed by atoms with Crippen LogP contribution in [0.15, 0.2) is 0 Å². The highest BCUT2D eigenvalue weighted by atomic mass is 32.2. The van der Waals surface area contributed by atoms with Crippen molar-refractivity contribution in [3.05, 3.63) is 0 Å². The molecule has 1 aliphatic heterocycles. The van der Waals surface area contributed by atoms with E-state index >= 15 is 0 Å². The molecule has 1 N–H and O–H groups in total. The molecule has 1 atom stereocenters. The van der Waals surface area contributed by atoms with Crippen LogP contribution in [0.2, 0.25) is 0 Å². The van der Waals surface area contributed by atoms with Gasteiger partial charge in [-0.25, -0.2) is 8.42 Å². The van der Waals surface area contributed by atoms with Gasteiger partial charge in [-0.05, 0) is 19.9 Å². The number of rotatable bonds is 4. The second kappa shape index (κ2) is 6.21. The quantitative estimate of drug-likeness (QED) is 0.825. The molecule has 1 heterocycles. The molecular weight excluding hydrogens is 269 g/mol. The van der Waals surface area contributed by atoms with E-state index in [9.17, 15) is 21.6 Å². The van der Waals surface area contributed by atoms with Crippen LogP contribution in [0.3, 0.4) is 0 Å². The smallest absolute Gasteiger partial charge is 0.307 e. The number of nitrogens with zero attached hydrogens (tertiary/aromatic N) is 1. The predicted octanol–water partition coefficient (Wildman–Crippen LogP) is 0.647. The Hall–Kier alpha value is -0.340. The molecule has 0 spiro atoms. The van der Waals surface area contributed by atoms with Gasteiger partial charge >= 0.3 is 6.18 Å². The van der Waals surface area contributed by atoms with E-state index in [0.717, 1.165) is 0 Å². The summed E-state index contributed by atoms with van der Waals surface area (Å²) >= 11 is 0. The van der Waals surface area contributed by atoms with Gasteiger partial charge in [0.2, 0.25) is 0 Å². The summed E-state index contributed by atoms with van der Waals surface area (Å²) in [6.45, 7) is 2.02. The number of alkyl halides is 3. The van der Waals surface area contributed by atoms with Gasteiger partial charge in [-0.1, -0.05) is 0 Å². The van der Waals surface area contributed by atoms with E-state index in [-0.39, 0.29) is 24.1 Å². The zero-order chi connectivity index (χ0) is 13.8. The maximum absolute atomic E-state index is 12.0. The molecule has 8 heteroatoms. The monoisotopic (exact) mass is 288 g/mol. The molecule has 0 saturated carbocycles. The van der Waals surface area contributed by atoms with Crippen molar-refractivity contribution < 1.29 is 21.6 Å². The van der Waals surface area contributed by atoms with Crippen LogP contribution in [-0.4, -0.2) is 63.2 Å². The molecule has 1 fully saturated rings. The molecule has 0 aromatic heterocycles. The lowest BCUT2D eigenvalue weighted by Crippen LogP contribution is -2.43. The van der Waals surface area contributed by atoms with Crippen molar-refractivity contribution in [1.82, 2.24) is 10.2 Å². The summed E-state index contributed by atoms with van der Waals surface area (Å²) in [6, 6.07) is -0.0966. The summed E-state index contributed by atoms with van der Waals surface area (Å²) < 4.78 is 58.7. The molecular formula is C10H19F3N2O2S. The van der Waals surface area contributed by atoms with E-state index in [2.05, 4.69) is 5.32 Å². The van der Waals surface area contributed by atoms with Crippen molar-refractivity contribution in [1.29, 1.82) is 0 Å². The number of sulfone groups is 1. The summed E-state index contributed by atoms with van der Waals surface area (Å²) in [5.41, 5.74) is 0. The molecule has 0 amide bonds. The topological polar surface area (TPSA) is 49.4 Å². The number of hydrogen-bond donors (Lipinski definition) is 1. The van der Waals surface area contributed by atoms with Crippen molar-refractivity contribution in [2.24, 2.45) is 0 Å². The standard InChI is InChI=1S/C10H19F3N2O2S/c1-9(7-14-8-10(11,12)13)15-3-2-5-18(16,17)6-4-15/h9,14H,2-8H2,1H3. The molecule has 1 unspecified atom stereocenters. The zero-order valence-corrected chi connectivity index (χ0v) is 11.1. The molecule has 0 aromatic rings. The maximum Gasteiger partial charge on any atom is 0.401 e. The van der Waals surface area contributed by atoms with Gasteiger partial charge in [-0.3, -0.25) is 4.90 Å². The Balaban J connectivity index is 2.35. The van der Waals surface area contributed by atoms with Gasteiger partial charge in [0.05, 0.1) is 18.1 Å².